The van der Waals surface area contributed by atoms with Crippen molar-refractivity contribution in [3.63, 3.8) is 0 Å². The second-order valence-electron chi connectivity index (χ2n) is 7.60. The Bertz CT molecular complexity index is 1050. The highest BCUT2D eigenvalue weighted by molar-refractivity contribution is 6.30. The van der Waals surface area contributed by atoms with Gasteiger partial charge in [0, 0.05) is 36.0 Å². The van der Waals surface area contributed by atoms with Crippen LogP contribution in [-0.4, -0.2) is 29.9 Å². The van der Waals surface area contributed by atoms with Gasteiger partial charge in [-0.2, -0.15) is 0 Å². The molecule has 3 aromatic rings. The van der Waals surface area contributed by atoms with E-state index in [1.165, 1.54) is 0 Å². The molecule has 0 aromatic heterocycles. The summed E-state index contributed by atoms with van der Waals surface area (Å²) in [5.74, 6) is -0.0688. The monoisotopic (exact) mass is 433 g/mol. The largest absolute Gasteiger partial charge is 0.326 e. The quantitative estimate of drug-likeness (QED) is 0.569. The first kappa shape index (κ1) is 20.9. The molecule has 0 saturated carbocycles. The Kier molecular flexibility index (Phi) is 6.53. The fourth-order valence-corrected chi connectivity index (χ4v) is 3.95. The van der Waals surface area contributed by atoms with Gasteiger partial charge in [-0.3, -0.25) is 9.69 Å². The standard InChI is InChI=1S/C25H24ClN3O2/c26-21-9-4-8-20(16-21)18-28-14-5-15-29(25(28)31)23-12-10-22(11-13-23)27-24(30)17-19-6-2-1-3-7-19/h1-4,6-13,16H,5,14-15,17-18H2,(H,27,30). The zero-order valence-electron chi connectivity index (χ0n) is 17.1. The van der Waals surface area contributed by atoms with E-state index in [0.717, 1.165) is 29.8 Å². The molecule has 0 aliphatic carbocycles. The van der Waals surface area contributed by atoms with Gasteiger partial charge in [-0.1, -0.05) is 54.1 Å². The molecule has 0 atom stereocenters. The average Bonchev–Trinajstić information content (AvgIpc) is 2.77. The maximum atomic E-state index is 13.0. The highest BCUT2D eigenvalue weighted by Crippen LogP contribution is 2.24. The summed E-state index contributed by atoms with van der Waals surface area (Å²) in [6.45, 7) is 1.92. The third kappa shape index (κ3) is 5.44. The predicted molar refractivity (Wildman–Crippen MR) is 124 cm³/mol. The van der Waals surface area contributed by atoms with Crippen LogP contribution in [0.2, 0.25) is 5.02 Å². The third-order valence-electron chi connectivity index (χ3n) is 5.24. The SMILES string of the molecule is O=C(Cc1ccccc1)Nc1ccc(N2CCCN(Cc3cccc(Cl)c3)C2=O)cc1. The van der Waals surface area contributed by atoms with Crippen LogP contribution >= 0.6 is 11.6 Å². The zero-order valence-corrected chi connectivity index (χ0v) is 17.9. The van der Waals surface area contributed by atoms with Gasteiger partial charge in [0.05, 0.1) is 6.42 Å². The second-order valence-corrected chi connectivity index (χ2v) is 8.03. The lowest BCUT2D eigenvalue weighted by molar-refractivity contribution is -0.115. The van der Waals surface area contributed by atoms with Crippen molar-refractivity contribution in [3.8, 4) is 0 Å². The lowest BCUT2D eigenvalue weighted by atomic mass is 10.1. The van der Waals surface area contributed by atoms with Crippen LogP contribution in [0.25, 0.3) is 0 Å². The van der Waals surface area contributed by atoms with Crippen LogP contribution in [0.3, 0.4) is 0 Å². The molecule has 158 valence electrons. The molecule has 1 saturated heterocycles. The fraction of sp³-hybridized carbons (Fsp3) is 0.200. The number of rotatable bonds is 6. The maximum absolute atomic E-state index is 13.0. The Hall–Kier alpha value is -3.31. The van der Waals surface area contributed by atoms with Gasteiger partial charge in [0.1, 0.15) is 0 Å². The fourth-order valence-electron chi connectivity index (χ4n) is 3.73. The summed E-state index contributed by atoms with van der Waals surface area (Å²) >= 11 is 6.08. The van der Waals surface area contributed by atoms with Crippen LogP contribution < -0.4 is 10.2 Å². The van der Waals surface area contributed by atoms with Gasteiger partial charge < -0.3 is 10.2 Å². The number of hydrogen-bond donors (Lipinski definition) is 1. The molecule has 4 rings (SSSR count). The number of urea groups is 1. The van der Waals surface area contributed by atoms with E-state index in [1.807, 2.05) is 83.8 Å². The summed E-state index contributed by atoms with van der Waals surface area (Å²) in [6.07, 6.45) is 1.22. The first-order chi connectivity index (χ1) is 15.1. The molecule has 0 unspecified atom stereocenters. The third-order valence-corrected chi connectivity index (χ3v) is 5.48. The highest BCUT2D eigenvalue weighted by atomic mass is 35.5. The van der Waals surface area contributed by atoms with Gasteiger partial charge in [-0.05, 0) is 53.9 Å². The van der Waals surface area contributed by atoms with Crippen LogP contribution in [0.4, 0.5) is 16.2 Å². The normalized spacial score (nSPS) is 13.9. The van der Waals surface area contributed by atoms with Crippen LogP contribution in [-0.2, 0) is 17.8 Å². The lowest BCUT2D eigenvalue weighted by Gasteiger charge is -2.35. The van der Waals surface area contributed by atoms with Crippen molar-refractivity contribution >= 4 is 34.9 Å². The van der Waals surface area contributed by atoms with Gasteiger partial charge >= 0.3 is 6.03 Å². The van der Waals surface area contributed by atoms with Gasteiger partial charge in [0.25, 0.3) is 0 Å². The molecule has 1 aliphatic rings. The molecule has 0 bridgehead atoms. The van der Waals surface area contributed by atoms with Gasteiger partial charge in [-0.25, -0.2) is 4.79 Å². The van der Waals surface area contributed by atoms with E-state index in [-0.39, 0.29) is 11.9 Å². The van der Waals surface area contributed by atoms with E-state index in [4.69, 9.17) is 11.6 Å². The summed E-state index contributed by atoms with van der Waals surface area (Å²) in [4.78, 5) is 28.9. The number of nitrogens with zero attached hydrogens (tertiary/aromatic N) is 2. The van der Waals surface area contributed by atoms with E-state index >= 15 is 0 Å². The summed E-state index contributed by atoms with van der Waals surface area (Å²) in [7, 11) is 0. The number of benzene rings is 3. The average molecular weight is 434 g/mol. The molecule has 0 radical (unpaired) electrons. The molecular formula is C25H24ClN3O2. The Morgan fingerprint density at radius 3 is 2.39 bits per heavy atom. The van der Waals surface area contributed by atoms with Crippen molar-refractivity contribution in [3.05, 3.63) is 95.0 Å². The minimum Gasteiger partial charge on any atom is -0.326 e. The Balaban J connectivity index is 1.38. The second kappa shape index (κ2) is 9.67. The topological polar surface area (TPSA) is 52.7 Å². The van der Waals surface area contributed by atoms with Crippen molar-refractivity contribution in [2.75, 3.05) is 23.3 Å². The number of carbonyl (C=O) groups is 2. The molecule has 1 fully saturated rings. The zero-order chi connectivity index (χ0) is 21.6. The smallest absolute Gasteiger partial charge is 0.324 e. The maximum Gasteiger partial charge on any atom is 0.324 e. The van der Waals surface area contributed by atoms with E-state index in [9.17, 15) is 9.59 Å². The summed E-state index contributed by atoms with van der Waals surface area (Å²) in [5.41, 5.74) is 3.52. The molecular weight excluding hydrogens is 410 g/mol. The van der Waals surface area contributed by atoms with Crippen molar-refractivity contribution < 1.29 is 9.59 Å². The van der Waals surface area contributed by atoms with E-state index in [0.29, 0.717) is 30.2 Å². The number of carbonyl (C=O) groups excluding carboxylic acids is 2. The molecule has 3 amide bonds. The van der Waals surface area contributed by atoms with Crippen molar-refractivity contribution in [2.24, 2.45) is 0 Å². The number of halogens is 1. The van der Waals surface area contributed by atoms with E-state index < -0.39 is 0 Å². The molecule has 0 spiro atoms. The highest BCUT2D eigenvalue weighted by Gasteiger charge is 2.26. The minimum atomic E-state index is -0.0688. The first-order valence-corrected chi connectivity index (χ1v) is 10.7. The molecule has 6 heteroatoms. The minimum absolute atomic E-state index is 0.0212. The van der Waals surface area contributed by atoms with Crippen molar-refractivity contribution in [1.29, 1.82) is 0 Å². The molecule has 1 heterocycles. The Morgan fingerprint density at radius 1 is 0.903 bits per heavy atom. The van der Waals surface area contributed by atoms with Crippen LogP contribution in [0.5, 0.6) is 0 Å². The first-order valence-electron chi connectivity index (χ1n) is 10.3. The molecule has 3 aromatic carbocycles. The van der Waals surface area contributed by atoms with E-state index in [2.05, 4.69) is 5.32 Å². The lowest BCUT2D eigenvalue weighted by Crippen LogP contribution is -2.49. The Labute approximate surface area is 187 Å². The molecule has 1 aliphatic heterocycles. The number of hydrogen-bond acceptors (Lipinski definition) is 2. The summed E-state index contributed by atoms with van der Waals surface area (Å²) < 4.78 is 0. The van der Waals surface area contributed by atoms with Gasteiger partial charge in [0.2, 0.25) is 5.91 Å². The predicted octanol–water partition coefficient (Wildman–Crippen LogP) is 5.35. The van der Waals surface area contributed by atoms with E-state index in [1.54, 1.807) is 4.90 Å². The van der Waals surface area contributed by atoms with Crippen LogP contribution in [0, 0.1) is 0 Å². The summed E-state index contributed by atoms with van der Waals surface area (Å²) in [6, 6.07) is 24.6. The molecule has 1 N–H and O–H groups in total. The molecule has 5 nitrogen and oxygen atoms in total. The van der Waals surface area contributed by atoms with Crippen molar-refractivity contribution in [2.45, 2.75) is 19.4 Å². The molecule has 31 heavy (non-hydrogen) atoms. The van der Waals surface area contributed by atoms with Gasteiger partial charge in [0.15, 0.2) is 0 Å². The summed E-state index contributed by atoms with van der Waals surface area (Å²) in [5, 5.41) is 3.58. The number of anilines is 2. The van der Waals surface area contributed by atoms with Crippen LogP contribution in [0.1, 0.15) is 17.5 Å². The van der Waals surface area contributed by atoms with Gasteiger partial charge in [-0.15, -0.1) is 0 Å². The number of nitrogens with one attached hydrogen (secondary N) is 1. The van der Waals surface area contributed by atoms with Crippen LogP contribution in [0.15, 0.2) is 78.9 Å². The van der Waals surface area contributed by atoms with Crippen molar-refractivity contribution in [1.82, 2.24) is 4.90 Å². The Morgan fingerprint density at radius 2 is 1.65 bits per heavy atom. The number of amides is 3.